The minimum Gasteiger partial charge on any atom is -0.483 e. The number of hydrogen-bond acceptors (Lipinski definition) is 4. The predicted octanol–water partition coefficient (Wildman–Crippen LogP) is 6.00. The van der Waals surface area contributed by atoms with Crippen LogP contribution < -0.4 is 4.74 Å². The van der Waals surface area contributed by atoms with Gasteiger partial charge in [0.05, 0.1) is 0 Å². The van der Waals surface area contributed by atoms with Crippen molar-refractivity contribution in [3.05, 3.63) is 70.0 Å². The molecule has 0 fully saturated rings. The molecule has 142 valence electrons. The molecular weight excluding hydrogens is 378 g/mol. The van der Waals surface area contributed by atoms with Crippen LogP contribution in [0.15, 0.2) is 47.6 Å². The molecule has 0 N–H and O–H groups in total. The summed E-state index contributed by atoms with van der Waals surface area (Å²) < 4.78 is 8.20. The summed E-state index contributed by atoms with van der Waals surface area (Å²) in [5.41, 5.74) is 3.55. The minimum atomic E-state index is -0.202. The lowest BCUT2D eigenvalue weighted by atomic mass is 10.2. The Morgan fingerprint density at radius 1 is 1.15 bits per heavy atom. The fourth-order valence-electron chi connectivity index (χ4n) is 2.90. The van der Waals surface area contributed by atoms with Crippen LogP contribution in [0.3, 0.4) is 0 Å². The Kier molecular flexibility index (Phi) is 6.45. The van der Waals surface area contributed by atoms with Gasteiger partial charge in [-0.15, -0.1) is 10.2 Å². The maximum atomic E-state index is 6.10. The Hall–Kier alpha value is -1.98. The summed E-state index contributed by atoms with van der Waals surface area (Å²) in [4.78, 5) is 0. The van der Waals surface area contributed by atoms with E-state index in [1.807, 2.05) is 32.0 Å². The number of ether oxygens (including phenoxy) is 1. The van der Waals surface area contributed by atoms with E-state index in [1.54, 1.807) is 11.8 Å². The maximum Gasteiger partial charge on any atom is 0.191 e. The quantitative estimate of drug-likeness (QED) is 0.455. The van der Waals surface area contributed by atoms with Crippen molar-refractivity contribution >= 4 is 23.4 Å². The lowest BCUT2D eigenvalue weighted by molar-refractivity contribution is 0.210. The van der Waals surface area contributed by atoms with E-state index in [-0.39, 0.29) is 6.10 Å². The van der Waals surface area contributed by atoms with Gasteiger partial charge in [-0.2, -0.15) is 0 Å². The summed E-state index contributed by atoms with van der Waals surface area (Å²) in [5.74, 6) is 2.48. The van der Waals surface area contributed by atoms with Crippen LogP contribution in [0.4, 0.5) is 0 Å². The van der Waals surface area contributed by atoms with E-state index in [9.17, 15) is 0 Å². The highest BCUT2D eigenvalue weighted by Crippen LogP contribution is 2.28. The number of nitrogens with zero attached hydrogens (tertiary/aromatic N) is 3. The van der Waals surface area contributed by atoms with E-state index in [2.05, 4.69) is 52.9 Å². The molecule has 6 heteroatoms. The molecule has 0 saturated heterocycles. The predicted molar refractivity (Wildman–Crippen MR) is 112 cm³/mol. The van der Waals surface area contributed by atoms with Gasteiger partial charge < -0.3 is 9.30 Å². The van der Waals surface area contributed by atoms with Crippen molar-refractivity contribution < 1.29 is 4.74 Å². The van der Waals surface area contributed by atoms with Crippen molar-refractivity contribution in [2.75, 3.05) is 0 Å². The van der Waals surface area contributed by atoms with E-state index in [0.717, 1.165) is 39.6 Å². The number of benzene rings is 2. The Balaban J connectivity index is 1.73. The standard InChI is InChI=1S/C21H24ClN3OS/c1-5-25-20(16(4)26-18-9-10-19(22)15(3)12-18)23-24-21(25)27-13-17-8-6-7-14(2)11-17/h6-12,16H,5,13H2,1-4H3. The van der Waals surface area contributed by atoms with Gasteiger partial charge in [-0.3, -0.25) is 0 Å². The molecule has 2 aromatic carbocycles. The number of aromatic nitrogens is 3. The Morgan fingerprint density at radius 3 is 2.67 bits per heavy atom. The lowest BCUT2D eigenvalue weighted by Gasteiger charge is -2.16. The van der Waals surface area contributed by atoms with E-state index in [0.29, 0.717) is 0 Å². The summed E-state index contributed by atoms with van der Waals surface area (Å²) >= 11 is 7.79. The zero-order chi connectivity index (χ0) is 19.4. The van der Waals surface area contributed by atoms with Crippen LogP contribution in [0.1, 0.15) is 42.5 Å². The first-order chi connectivity index (χ1) is 13.0. The van der Waals surface area contributed by atoms with Crippen LogP contribution >= 0.6 is 23.4 Å². The normalized spacial score (nSPS) is 12.2. The zero-order valence-electron chi connectivity index (χ0n) is 16.1. The topological polar surface area (TPSA) is 39.9 Å². The third kappa shape index (κ3) is 4.85. The highest BCUT2D eigenvalue weighted by Gasteiger charge is 2.19. The van der Waals surface area contributed by atoms with Crippen molar-refractivity contribution in [2.24, 2.45) is 0 Å². The van der Waals surface area contributed by atoms with Crippen LogP contribution in [0.2, 0.25) is 5.02 Å². The molecule has 27 heavy (non-hydrogen) atoms. The molecule has 0 radical (unpaired) electrons. The van der Waals surface area contributed by atoms with E-state index >= 15 is 0 Å². The van der Waals surface area contributed by atoms with Crippen LogP contribution in [0.25, 0.3) is 0 Å². The highest BCUT2D eigenvalue weighted by atomic mass is 35.5. The monoisotopic (exact) mass is 401 g/mol. The third-order valence-electron chi connectivity index (χ3n) is 4.32. The summed E-state index contributed by atoms with van der Waals surface area (Å²) in [5, 5.41) is 10.4. The van der Waals surface area contributed by atoms with Crippen LogP contribution in [0, 0.1) is 13.8 Å². The molecule has 1 heterocycles. The van der Waals surface area contributed by atoms with Gasteiger partial charge in [-0.05, 0) is 57.0 Å². The van der Waals surface area contributed by atoms with Crippen LogP contribution in [-0.2, 0) is 12.3 Å². The molecule has 3 rings (SSSR count). The first-order valence-electron chi connectivity index (χ1n) is 9.02. The molecule has 0 amide bonds. The van der Waals surface area contributed by atoms with Gasteiger partial charge >= 0.3 is 0 Å². The summed E-state index contributed by atoms with van der Waals surface area (Å²) in [6.07, 6.45) is -0.202. The first kappa shape index (κ1) is 19.8. The Bertz CT molecular complexity index is 926. The zero-order valence-corrected chi connectivity index (χ0v) is 17.6. The molecule has 1 unspecified atom stereocenters. The second-order valence-electron chi connectivity index (χ2n) is 6.53. The molecule has 0 saturated carbocycles. The number of halogens is 1. The fraction of sp³-hybridized carbons (Fsp3) is 0.333. The molecule has 3 aromatic rings. The molecule has 4 nitrogen and oxygen atoms in total. The maximum absolute atomic E-state index is 6.10. The molecule has 1 atom stereocenters. The first-order valence-corrected chi connectivity index (χ1v) is 10.4. The van der Waals surface area contributed by atoms with Gasteiger partial charge in [-0.25, -0.2) is 0 Å². The largest absolute Gasteiger partial charge is 0.483 e. The van der Waals surface area contributed by atoms with Crippen LogP contribution in [-0.4, -0.2) is 14.8 Å². The van der Waals surface area contributed by atoms with Gasteiger partial charge in [0.1, 0.15) is 5.75 Å². The smallest absolute Gasteiger partial charge is 0.191 e. The van der Waals surface area contributed by atoms with E-state index < -0.39 is 0 Å². The molecule has 0 aliphatic rings. The van der Waals surface area contributed by atoms with Crippen molar-refractivity contribution in [3.8, 4) is 5.75 Å². The van der Waals surface area contributed by atoms with Crippen molar-refractivity contribution in [3.63, 3.8) is 0 Å². The van der Waals surface area contributed by atoms with E-state index in [1.165, 1.54) is 11.1 Å². The molecule has 0 spiro atoms. The minimum absolute atomic E-state index is 0.202. The molecule has 0 aliphatic carbocycles. The Labute approximate surface area is 169 Å². The highest BCUT2D eigenvalue weighted by molar-refractivity contribution is 7.98. The molecular formula is C21H24ClN3OS. The van der Waals surface area contributed by atoms with Crippen molar-refractivity contribution in [1.82, 2.24) is 14.8 Å². The van der Waals surface area contributed by atoms with Crippen molar-refractivity contribution in [2.45, 2.75) is 51.3 Å². The average molecular weight is 402 g/mol. The van der Waals surface area contributed by atoms with Crippen LogP contribution in [0.5, 0.6) is 5.75 Å². The van der Waals surface area contributed by atoms with Gasteiger partial charge in [0.15, 0.2) is 17.1 Å². The average Bonchev–Trinajstić information content (AvgIpc) is 3.06. The second-order valence-corrected chi connectivity index (χ2v) is 7.88. The SMILES string of the molecule is CCn1c(SCc2cccc(C)c2)nnc1C(C)Oc1ccc(Cl)c(C)c1. The fourth-order valence-corrected chi connectivity index (χ4v) is 3.97. The van der Waals surface area contributed by atoms with Gasteiger partial charge in [0, 0.05) is 17.3 Å². The molecule has 0 aliphatic heterocycles. The van der Waals surface area contributed by atoms with Gasteiger partial charge in [-0.1, -0.05) is 53.2 Å². The second kappa shape index (κ2) is 8.81. The van der Waals surface area contributed by atoms with E-state index in [4.69, 9.17) is 16.3 Å². The lowest BCUT2D eigenvalue weighted by Crippen LogP contribution is -2.12. The van der Waals surface area contributed by atoms with Gasteiger partial charge in [0.25, 0.3) is 0 Å². The number of hydrogen-bond donors (Lipinski definition) is 0. The number of rotatable bonds is 7. The van der Waals surface area contributed by atoms with Gasteiger partial charge in [0.2, 0.25) is 0 Å². The summed E-state index contributed by atoms with van der Waals surface area (Å²) in [7, 11) is 0. The molecule has 0 bridgehead atoms. The number of aryl methyl sites for hydroxylation is 2. The number of thioether (sulfide) groups is 1. The summed E-state index contributed by atoms with van der Waals surface area (Å²) in [6, 6.07) is 14.2. The van der Waals surface area contributed by atoms with Crippen molar-refractivity contribution in [1.29, 1.82) is 0 Å². The summed E-state index contributed by atoms with van der Waals surface area (Å²) in [6.45, 7) is 8.97. The molecule has 1 aromatic heterocycles. The Morgan fingerprint density at radius 2 is 1.96 bits per heavy atom. The third-order valence-corrected chi connectivity index (χ3v) is 5.78.